The summed E-state index contributed by atoms with van der Waals surface area (Å²) in [5.74, 6) is 0.741. The number of carbonyl (C=O) groups is 1. The Morgan fingerprint density at radius 1 is 0.919 bits per heavy atom. The molecular weight excluding hydrogens is 500 g/mol. The van der Waals surface area contributed by atoms with Gasteiger partial charge < -0.3 is 9.64 Å². The number of thiophene rings is 1. The molecule has 4 nitrogen and oxygen atoms in total. The molecule has 0 aliphatic heterocycles. The van der Waals surface area contributed by atoms with E-state index in [9.17, 15) is 4.79 Å². The Hall–Kier alpha value is -3.93. The van der Waals surface area contributed by atoms with Crippen LogP contribution in [-0.2, 0) is 13.2 Å². The van der Waals surface area contributed by atoms with Crippen LogP contribution in [0.4, 0.5) is 0 Å². The normalized spacial score (nSPS) is 10.8. The number of aromatic nitrogens is 1. The smallest absolute Gasteiger partial charge is 0.253 e. The van der Waals surface area contributed by atoms with Crippen LogP contribution in [0, 0.1) is 0 Å². The maximum atomic E-state index is 13.0. The number of benzene rings is 3. The summed E-state index contributed by atoms with van der Waals surface area (Å²) < 4.78 is 6.21. The lowest BCUT2D eigenvalue weighted by Crippen LogP contribution is -2.26. The first kappa shape index (κ1) is 24.8. The molecule has 0 spiro atoms. The van der Waals surface area contributed by atoms with Gasteiger partial charge in [0.05, 0.1) is 0 Å². The Balaban J connectivity index is 1.37. The Morgan fingerprint density at radius 3 is 2.46 bits per heavy atom. The van der Waals surface area contributed by atoms with Gasteiger partial charge >= 0.3 is 0 Å². The summed E-state index contributed by atoms with van der Waals surface area (Å²) >= 11 is 8.04. The van der Waals surface area contributed by atoms with Gasteiger partial charge in [-0.15, -0.1) is 11.3 Å². The monoisotopic (exact) mass is 524 g/mol. The molecule has 2 heterocycles. The van der Waals surface area contributed by atoms with Crippen molar-refractivity contribution >= 4 is 28.8 Å². The van der Waals surface area contributed by atoms with Crippen molar-refractivity contribution in [3.05, 3.63) is 130 Å². The van der Waals surface area contributed by atoms with Gasteiger partial charge in [0, 0.05) is 52.6 Å². The molecule has 0 aliphatic rings. The molecule has 1 amide bonds. The van der Waals surface area contributed by atoms with Crippen molar-refractivity contribution in [3.8, 4) is 27.3 Å². The van der Waals surface area contributed by atoms with Gasteiger partial charge in [-0.2, -0.15) is 0 Å². The number of pyridine rings is 1. The van der Waals surface area contributed by atoms with Crippen LogP contribution in [0.1, 0.15) is 21.5 Å². The number of rotatable bonds is 8. The van der Waals surface area contributed by atoms with E-state index in [1.54, 1.807) is 35.7 Å². The zero-order valence-corrected chi connectivity index (χ0v) is 21.9. The Kier molecular flexibility index (Phi) is 7.64. The van der Waals surface area contributed by atoms with Gasteiger partial charge in [-0.05, 0) is 64.5 Å². The van der Waals surface area contributed by atoms with Crippen molar-refractivity contribution in [1.29, 1.82) is 0 Å². The summed E-state index contributed by atoms with van der Waals surface area (Å²) in [5, 5.41) is 2.71. The van der Waals surface area contributed by atoms with Gasteiger partial charge in [0.1, 0.15) is 12.4 Å². The first-order valence-corrected chi connectivity index (χ1v) is 13.1. The lowest BCUT2D eigenvalue weighted by atomic mass is 10.0. The minimum atomic E-state index is -0.0340. The lowest BCUT2D eigenvalue weighted by Gasteiger charge is -2.17. The number of carbonyl (C=O) groups excluding carboxylic acids is 1. The number of nitrogens with zero attached hydrogens (tertiary/aromatic N) is 2. The van der Waals surface area contributed by atoms with Gasteiger partial charge in [0.2, 0.25) is 0 Å². The predicted octanol–water partition coefficient (Wildman–Crippen LogP) is 7.98. The molecule has 0 N–H and O–H groups in total. The molecule has 0 saturated heterocycles. The van der Waals surface area contributed by atoms with Gasteiger partial charge in [0.15, 0.2) is 0 Å². The van der Waals surface area contributed by atoms with E-state index >= 15 is 0 Å². The van der Waals surface area contributed by atoms with Crippen LogP contribution in [0.25, 0.3) is 21.6 Å². The predicted molar refractivity (Wildman–Crippen MR) is 151 cm³/mol. The van der Waals surface area contributed by atoms with Gasteiger partial charge in [-0.3, -0.25) is 9.78 Å². The standard InChI is InChI=1S/C31H25ClN2O2S/c1-34(20-23-8-5-16-33-19-23)31(35)25-11-9-24(10-12-25)30-27(15-17-37-30)28-18-26(32)13-14-29(28)36-21-22-6-3-2-4-7-22/h2-19H,20-21H2,1H3. The molecule has 5 rings (SSSR count). The lowest BCUT2D eigenvalue weighted by molar-refractivity contribution is 0.0785. The van der Waals surface area contributed by atoms with E-state index in [1.807, 2.05) is 84.9 Å². The molecule has 184 valence electrons. The van der Waals surface area contributed by atoms with Crippen molar-refractivity contribution in [2.24, 2.45) is 0 Å². The minimum absolute atomic E-state index is 0.0340. The van der Waals surface area contributed by atoms with Crippen molar-refractivity contribution in [3.63, 3.8) is 0 Å². The number of amides is 1. The number of halogens is 1. The van der Waals surface area contributed by atoms with Gasteiger partial charge in [0.25, 0.3) is 5.91 Å². The van der Waals surface area contributed by atoms with E-state index in [1.165, 1.54) is 0 Å². The van der Waals surface area contributed by atoms with E-state index in [0.29, 0.717) is 23.7 Å². The largest absolute Gasteiger partial charge is 0.488 e. The van der Waals surface area contributed by atoms with Crippen LogP contribution in [0.15, 0.2) is 109 Å². The molecule has 0 atom stereocenters. The van der Waals surface area contributed by atoms with Crippen LogP contribution >= 0.6 is 22.9 Å². The fourth-order valence-corrected chi connectivity index (χ4v) is 5.23. The highest BCUT2D eigenvalue weighted by molar-refractivity contribution is 7.14. The third kappa shape index (κ3) is 5.91. The molecule has 0 fully saturated rings. The second-order valence-corrected chi connectivity index (χ2v) is 10.0. The minimum Gasteiger partial charge on any atom is -0.488 e. The second kappa shape index (κ2) is 11.4. The summed E-state index contributed by atoms with van der Waals surface area (Å²) in [5.41, 5.74) is 5.75. The molecule has 0 radical (unpaired) electrons. The first-order valence-electron chi connectivity index (χ1n) is 11.9. The molecule has 0 unspecified atom stereocenters. The molecule has 37 heavy (non-hydrogen) atoms. The highest BCUT2D eigenvalue weighted by Crippen LogP contribution is 2.42. The highest BCUT2D eigenvalue weighted by atomic mass is 35.5. The Labute approximate surface area is 225 Å². The number of ether oxygens (including phenoxy) is 1. The molecule has 0 saturated carbocycles. The van der Waals surface area contributed by atoms with E-state index in [-0.39, 0.29) is 5.91 Å². The molecule has 2 aromatic heterocycles. The average molecular weight is 525 g/mol. The van der Waals surface area contributed by atoms with Crippen molar-refractivity contribution in [1.82, 2.24) is 9.88 Å². The number of hydrogen-bond donors (Lipinski definition) is 0. The summed E-state index contributed by atoms with van der Waals surface area (Å²) in [6.45, 7) is 0.975. The fraction of sp³-hybridized carbons (Fsp3) is 0.0968. The summed E-state index contributed by atoms with van der Waals surface area (Å²) in [6, 6.07) is 29.5. The second-order valence-electron chi connectivity index (χ2n) is 8.68. The van der Waals surface area contributed by atoms with Crippen LogP contribution in [0.3, 0.4) is 0 Å². The van der Waals surface area contributed by atoms with Gasteiger partial charge in [-0.25, -0.2) is 0 Å². The SMILES string of the molecule is CN(Cc1cccnc1)C(=O)c1ccc(-c2sccc2-c2cc(Cl)ccc2OCc2ccccc2)cc1. The van der Waals surface area contributed by atoms with Crippen LogP contribution < -0.4 is 4.74 Å². The summed E-state index contributed by atoms with van der Waals surface area (Å²) in [6.07, 6.45) is 3.50. The third-order valence-electron chi connectivity index (χ3n) is 6.02. The fourth-order valence-electron chi connectivity index (χ4n) is 4.14. The van der Waals surface area contributed by atoms with Crippen molar-refractivity contribution in [2.75, 3.05) is 7.05 Å². The Bertz CT molecular complexity index is 1490. The van der Waals surface area contributed by atoms with E-state index < -0.39 is 0 Å². The first-order chi connectivity index (χ1) is 18.1. The average Bonchev–Trinajstić information content (AvgIpc) is 3.43. The van der Waals surface area contributed by atoms with Crippen LogP contribution in [-0.4, -0.2) is 22.8 Å². The molecule has 0 aliphatic carbocycles. The zero-order chi connectivity index (χ0) is 25.6. The van der Waals surface area contributed by atoms with E-state index in [2.05, 4.69) is 16.4 Å². The summed E-state index contributed by atoms with van der Waals surface area (Å²) in [4.78, 5) is 19.9. The quantitative estimate of drug-likeness (QED) is 0.206. The molecule has 5 aromatic rings. The molecule has 3 aromatic carbocycles. The topological polar surface area (TPSA) is 42.4 Å². The van der Waals surface area contributed by atoms with Crippen molar-refractivity contribution in [2.45, 2.75) is 13.2 Å². The highest BCUT2D eigenvalue weighted by Gasteiger charge is 2.17. The van der Waals surface area contributed by atoms with Gasteiger partial charge in [-0.1, -0.05) is 60.1 Å². The van der Waals surface area contributed by atoms with Crippen molar-refractivity contribution < 1.29 is 9.53 Å². The third-order valence-corrected chi connectivity index (χ3v) is 7.22. The van der Waals surface area contributed by atoms with Crippen LogP contribution in [0.2, 0.25) is 5.02 Å². The summed E-state index contributed by atoms with van der Waals surface area (Å²) in [7, 11) is 1.80. The maximum absolute atomic E-state index is 13.0. The van der Waals surface area contributed by atoms with E-state index in [0.717, 1.165) is 38.4 Å². The Morgan fingerprint density at radius 2 is 1.70 bits per heavy atom. The van der Waals surface area contributed by atoms with E-state index in [4.69, 9.17) is 16.3 Å². The number of hydrogen-bond acceptors (Lipinski definition) is 4. The molecular formula is C31H25ClN2O2S. The van der Waals surface area contributed by atoms with Crippen LogP contribution in [0.5, 0.6) is 5.75 Å². The maximum Gasteiger partial charge on any atom is 0.253 e. The molecule has 0 bridgehead atoms. The zero-order valence-electron chi connectivity index (χ0n) is 20.3. The molecule has 6 heteroatoms.